The molecule has 3 rings (SSSR count). The average molecular weight is 259 g/mol. The van der Waals surface area contributed by atoms with E-state index in [0.29, 0.717) is 12.5 Å². The number of carbonyl (C=O) groups excluding carboxylic acids is 1. The second-order valence-electron chi connectivity index (χ2n) is 5.64. The summed E-state index contributed by atoms with van der Waals surface area (Å²) >= 11 is 0. The normalized spacial score (nSPS) is 25.5. The third-order valence-corrected chi connectivity index (χ3v) is 4.51. The smallest absolute Gasteiger partial charge is 0.323 e. The van der Waals surface area contributed by atoms with Crippen LogP contribution in [0.4, 0.5) is 0 Å². The van der Waals surface area contributed by atoms with Gasteiger partial charge in [0.2, 0.25) is 0 Å². The second-order valence-corrected chi connectivity index (χ2v) is 5.64. The number of likely N-dealkylation sites (tertiary alicyclic amines) is 1. The van der Waals surface area contributed by atoms with Crippen LogP contribution >= 0.6 is 0 Å². The van der Waals surface area contributed by atoms with Crippen LogP contribution in [0.1, 0.15) is 36.3 Å². The Morgan fingerprint density at radius 2 is 1.89 bits per heavy atom. The molecule has 2 fully saturated rings. The first kappa shape index (κ1) is 12.7. The number of cyclic esters (lactones) is 1. The number of benzene rings is 1. The van der Waals surface area contributed by atoms with Crippen LogP contribution < -0.4 is 0 Å². The minimum absolute atomic E-state index is 0.0191. The van der Waals surface area contributed by atoms with Gasteiger partial charge in [-0.05, 0) is 49.9 Å². The van der Waals surface area contributed by atoms with Gasteiger partial charge in [-0.3, -0.25) is 9.69 Å². The molecule has 1 aromatic carbocycles. The van der Waals surface area contributed by atoms with E-state index in [0.717, 1.165) is 32.4 Å². The lowest BCUT2D eigenvalue weighted by atomic mass is 9.86. The number of piperidine rings is 1. The molecular weight excluding hydrogens is 238 g/mol. The Kier molecular flexibility index (Phi) is 3.56. The standard InChI is InChI=1S/C16H21NO2/c1-12-4-2-3-5-14(12)13-6-9-17(10-7-13)15-8-11-19-16(15)18/h2-5,13,15H,6-11H2,1H3/t15-/m1/s1. The molecule has 19 heavy (non-hydrogen) atoms. The first-order chi connectivity index (χ1) is 9.25. The fourth-order valence-corrected chi connectivity index (χ4v) is 3.38. The highest BCUT2D eigenvalue weighted by Crippen LogP contribution is 2.31. The summed E-state index contributed by atoms with van der Waals surface area (Å²) in [4.78, 5) is 13.9. The van der Waals surface area contributed by atoms with E-state index < -0.39 is 0 Å². The molecule has 0 aromatic heterocycles. The number of esters is 1. The lowest BCUT2D eigenvalue weighted by Gasteiger charge is -2.34. The number of hydrogen-bond acceptors (Lipinski definition) is 3. The molecule has 0 spiro atoms. The Balaban J connectivity index is 1.63. The largest absolute Gasteiger partial charge is 0.464 e. The van der Waals surface area contributed by atoms with Crippen LogP contribution in [0.25, 0.3) is 0 Å². The molecule has 2 heterocycles. The van der Waals surface area contributed by atoms with Crippen molar-refractivity contribution in [3.05, 3.63) is 35.4 Å². The molecule has 1 atom stereocenters. The van der Waals surface area contributed by atoms with Gasteiger partial charge in [0, 0.05) is 6.42 Å². The highest BCUT2D eigenvalue weighted by molar-refractivity contribution is 5.77. The van der Waals surface area contributed by atoms with Crippen LogP contribution in [-0.4, -0.2) is 36.6 Å². The van der Waals surface area contributed by atoms with Gasteiger partial charge >= 0.3 is 5.97 Å². The number of aryl methyl sites for hydroxylation is 1. The van der Waals surface area contributed by atoms with Crippen molar-refractivity contribution in [3.8, 4) is 0 Å². The molecule has 0 bridgehead atoms. The summed E-state index contributed by atoms with van der Waals surface area (Å²) in [6.45, 7) is 4.81. The van der Waals surface area contributed by atoms with Crippen molar-refractivity contribution >= 4 is 5.97 Å². The Hall–Kier alpha value is -1.35. The van der Waals surface area contributed by atoms with E-state index in [1.54, 1.807) is 0 Å². The summed E-state index contributed by atoms with van der Waals surface area (Å²) in [5, 5.41) is 0. The summed E-state index contributed by atoms with van der Waals surface area (Å²) < 4.78 is 5.07. The third kappa shape index (κ3) is 2.52. The molecule has 2 aliphatic rings. The SMILES string of the molecule is Cc1ccccc1C1CCN([C@@H]2CCOC2=O)CC1. The molecule has 0 amide bonds. The van der Waals surface area contributed by atoms with Crippen molar-refractivity contribution in [2.45, 2.75) is 38.1 Å². The quantitative estimate of drug-likeness (QED) is 0.764. The van der Waals surface area contributed by atoms with E-state index in [1.165, 1.54) is 11.1 Å². The van der Waals surface area contributed by atoms with E-state index in [-0.39, 0.29) is 12.0 Å². The lowest BCUT2D eigenvalue weighted by molar-refractivity contribution is -0.142. The van der Waals surface area contributed by atoms with Crippen molar-refractivity contribution in [1.29, 1.82) is 0 Å². The molecule has 0 radical (unpaired) electrons. The zero-order valence-corrected chi connectivity index (χ0v) is 11.5. The number of hydrogen-bond donors (Lipinski definition) is 0. The Bertz CT molecular complexity index is 464. The molecule has 0 unspecified atom stereocenters. The molecule has 102 valence electrons. The molecule has 2 aliphatic heterocycles. The second kappa shape index (κ2) is 5.33. The van der Waals surface area contributed by atoms with Crippen LogP contribution in [0.2, 0.25) is 0 Å². The van der Waals surface area contributed by atoms with Gasteiger partial charge in [0.1, 0.15) is 6.04 Å². The van der Waals surface area contributed by atoms with Gasteiger partial charge in [0.25, 0.3) is 0 Å². The average Bonchev–Trinajstić information content (AvgIpc) is 2.86. The van der Waals surface area contributed by atoms with Crippen molar-refractivity contribution < 1.29 is 9.53 Å². The Morgan fingerprint density at radius 3 is 2.53 bits per heavy atom. The van der Waals surface area contributed by atoms with E-state index in [1.807, 2.05) is 0 Å². The summed E-state index contributed by atoms with van der Waals surface area (Å²) in [6, 6.07) is 8.69. The fraction of sp³-hybridized carbons (Fsp3) is 0.562. The first-order valence-corrected chi connectivity index (χ1v) is 7.22. The summed E-state index contributed by atoms with van der Waals surface area (Å²) in [5.74, 6) is 0.629. The molecule has 0 N–H and O–H groups in total. The number of rotatable bonds is 2. The minimum Gasteiger partial charge on any atom is -0.464 e. The highest BCUT2D eigenvalue weighted by Gasteiger charge is 2.34. The van der Waals surface area contributed by atoms with Gasteiger partial charge in [-0.2, -0.15) is 0 Å². The summed E-state index contributed by atoms with van der Waals surface area (Å²) in [5.41, 5.74) is 2.87. The maximum absolute atomic E-state index is 11.6. The zero-order chi connectivity index (χ0) is 13.2. The summed E-state index contributed by atoms with van der Waals surface area (Å²) in [7, 11) is 0. The van der Waals surface area contributed by atoms with Gasteiger partial charge in [-0.25, -0.2) is 0 Å². The van der Waals surface area contributed by atoms with Crippen LogP contribution in [-0.2, 0) is 9.53 Å². The van der Waals surface area contributed by atoms with Gasteiger partial charge in [0.05, 0.1) is 6.61 Å². The van der Waals surface area contributed by atoms with Gasteiger partial charge in [-0.15, -0.1) is 0 Å². The lowest BCUT2D eigenvalue weighted by Crippen LogP contribution is -2.43. The Morgan fingerprint density at radius 1 is 1.16 bits per heavy atom. The van der Waals surface area contributed by atoms with Crippen LogP contribution in [0.15, 0.2) is 24.3 Å². The molecule has 0 aliphatic carbocycles. The highest BCUT2D eigenvalue weighted by atomic mass is 16.5. The maximum Gasteiger partial charge on any atom is 0.323 e. The van der Waals surface area contributed by atoms with Gasteiger partial charge in [0.15, 0.2) is 0 Å². The fourth-order valence-electron chi connectivity index (χ4n) is 3.38. The van der Waals surface area contributed by atoms with E-state index in [2.05, 4.69) is 36.1 Å². The minimum atomic E-state index is -0.0191. The predicted molar refractivity (Wildman–Crippen MR) is 74.1 cm³/mol. The van der Waals surface area contributed by atoms with E-state index in [4.69, 9.17) is 4.74 Å². The maximum atomic E-state index is 11.6. The number of ether oxygens (including phenoxy) is 1. The molecular formula is C16H21NO2. The van der Waals surface area contributed by atoms with E-state index >= 15 is 0 Å². The number of nitrogens with zero attached hydrogens (tertiary/aromatic N) is 1. The van der Waals surface area contributed by atoms with Crippen molar-refractivity contribution in [2.75, 3.05) is 19.7 Å². The van der Waals surface area contributed by atoms with Crippen molar-refractivity contribution in [3.63, 3.8) is 0 Å². The van der Waals surface area contributed by atoms with Crippen LogP contribution in [0, 0.1) is 6.92 Å². The van der Waals surface area contributed by atoms with Crippen LogP contribution in [0.3, 0.4) is 0 Å². The molecule has 1 aromatic rings. The topological polar surface area (TPSA) is 29.5 Å². The van der Waals surface area contributed by atoms with Crippen LogP contribution in [0.5, 0.6) is 0 Å². The molecule has 0 saturated carbocycles. The van der Waals surface area contributed by atoms with E-state index in [9.17, 15) is 4.79 Å². The third-order valence-electron chi connectivity index (χ3n) is 4.51. The van der Waals surface area contributed by atoms with Crippen molar-refractivity contribution in [1.82, 2.24) is 4.90 Å². The van der Waals surface area contributed by atoms with Crippen molar-refractivity contribution in [2.24, 2.45) is 0 Å². The molecule has 3 heteroatoms. The molecule has 3 nitrogen and oxygen atoms in total. The van der Waals surface area contributed by atoms with Gasteiger partial charge in [-0.1, -0.05) is 24.3 Å². The predicted octanol–water partition coefficient (Wildman–Crippen LogP) is 2.49. The van der Waals surface area contributed by atoms with Gasteiger partial charge < -0.3 is 4.74 Å². The number of carbonyl (C=O) groups is 1. The summed E-state index contributed by atoms with van der Waals surface area (Å²) in [6.07, 6.45) is 3.16. The Labute approximate surface area is 114 Å². The monoisotopic (exact) mass is 259 g/mol. The zero-order valence-electron chi connectivity index (χ0n) is 11.5. The molecule has 2 saturated heterocycles. The first-order valence-electron chi connectivity index (χ1n) is 7.22.